The van der Waals surface area contributed by atoms with E-state index in [-0.39, 0.29) is 6.10 Å². The smallest absolute Gasteiger partial charge is 0.126 e. The number of aliphatic hydroxyl groups is 1. The normalized spacial score (nSPS) is 14.7. The van der Waals surface area contributed by atoms with Gasteiger partial charge in [-0.15, -0.1) is 0 Å². The Labute approximate surface area is 96.5 Å². The minimum atomic E-state index is -0.531. The zero-order valence-corrected chi connectivity index (χ0v) is 9.89. The maximum atomic E-state index is 10.0. The Balaban J connectivity index is 2.62. The molecular weight excluding hydrogens is 204 g/mol. The lowest BCUT2D eigenvalue weighted by Gasteiger charge is -2.21. The van der Waals surface area contributed by atoms with Crippen LogP contribution in [0.15, 0.2) is 18.3 Å². The van der Waals surface area contributed by atoms with Gasteiger partial charge in [-0.3, -0.25) is 0 Å². The molecule has 2 atom stereocenters. The Kier molecular flexibility index (Phi) is 5.22. The Morgan fingerprint density at radius 2 is 2.25 bits per heavy atom. The van der Waals surface area contributed by atoms with Crippen molar-refractivity contribution in [2.75, 3.05) is 12.3 Å². The summed E-state index contributed by atoms with van der Waals surface area (Å²) in [5.41, 5.74) is 6.59. The van der Waals surface area contributed by atoms with E-state index < -0.39 is 6.10 Å². The van der Waals surface area contributed by atoms with Crippen molar-refractivity contribution in [1.82, 2.24) is 4.98 Å². The molecule has 0 aliphatic rings. The highest BCUT2D eigenvalue weighted by Crippen LogP contribution is 2.14. The van der Waals surface area contributed by atoms with E-state index in [9.17, 15) is 5.11 Å². The molecule has 2 unspecified atom stereocenters. The fraction of sp³-hybridized carbons (Fsp3) is 0.583. The quantitative estimate of drug-likeness (QED) is 0.766. The third kappa shape index (κ3) is 3.47. The molecule has 0 amide bonds. The molecule has 0 fully saturated rings. The molecule has 1 rings (SSSR count). The standard InChI is InChI=1S/C12H20N2O2/c1-3-11(16-4-2)10(15)8-9-6-5-7-14-12(9)13/h5-7,10-11,15H,3-4,8H2,1-2H3,(H2,13,14). The van der Waals surface area contributed by atoms with Crippen molar-refractivity contribution in [2.45, 2.75) is 38.9 Å². The summed E-state index contributed by atoms with van der Waals surface area (Å²) in [6.07, 6.45) is 2.25. The first-order valence-corrected chi connectivity index (χ1v) is 5.68. The minimum Gasteiger partial charge on any atom is -0.390 e. The van der Waals surface area contributed by atoms with Crippen molar-refractivity contribution in [3.8, 4) is 0 Å². The maximum absolute atomic E-state index is 10.0. The molecule has 1 heterocycles. The number of pyridine rings is 1. The van der Waals surface area contributed by atoms with Gasteiger partial charge in [0.25, 0.3) is 0 Å². The van der Waals surface area contributed by atoms with Gasteiger partial charge in [-0.25, -0.2) is 4.98 Å². The second kappa shape index (κ2) is 6.45. The number of aromatic nitrogens is 1. The van der Waals surface area contributed by atoms with Gasteiger partial charge in [0, 0.05) is 19.2 Å². The number of nitrogens with two attached hydrogens (primary N) is 1. The summed E-state index contributed by atoms with van der Waals surface area (Å²) in [6.45, 7) is 4.53. The van der Waals surface area contributed by atoms with E-state index in [0.29, 0.717) is 18.8 Å². The first-order valence-electron chi connectivity index (χ1n) is 5.68. The van der Waals surface area contributed by atoms with E-state index in [2.05, 4.69) is 4.98 Å². The van der Waals surface area contributed by atoms with Crippen LogP contribution in [0.1, 0.15) is 25.8 Å². The van der Waals surface area contributed by atoms with Crippen LogP contribution in [0.3, 0.4) is 0 Å². The molecule has 16 heavy (non-hydrogen) atoms. The zero-order chi connectivity index (χ0) is 12.0. The highest BCUT2D eigenvalue weighted by Gasteiger charge is 2.18. The van der Waals surface area contributed by atoms with Gasteiger partial charge in [-0.05, 0) is 25.0 Å². The van der Waals surface area contributed by atoms with Gasteiger partial charge in [0.2, 0.25) is 0 Å². The average molecular weight is 224 g/mol. The van der Waals surface area contributed by atoms with Gasteiger partial charge in [-0.1, -0.05) is 13.0 Å². The largest absolute Gasteiger partial charge is 0.390 e. The number of nitrogens with zero attached hydrogens (tertiary/aromatic N) is 1. The van der Waals surface area contributed by atoms with Crippen LogP contribution < -0.4 is 5.73 Å². The van der Waals surface area contributed by atoms with Crippen LogP contribution in [0, 0.1) is 0 Å². The number of hydrogen-bond acceptors (Lipinski definition) is 4. The number of aliphatic hydroxyl groups excluding tert-OH is 1. The summed E-state index contributed by atoms with van der Waals surface area (Å²) in [4.78, 5) is 3.99. The molecule has 3 N–H and O–H groups in total. The van der Waals surface area contributed by atoms with Crippen molar-refractivity contribution in [3.05, 3.63) is 23.9 Å². The molecular formula is C12H20N2O2. The Morgan fingerprint density at radius 3 is 2.81 bits per heavy atom. The fourth-order valence-corrected chi connectivity index (χ4v) is 1.70. The summed E-state index contributed by atoms with van der Waals surface area (Å²) in [7, 11) is 0. The first-order chi connectivity index (χ1) is 7.69. The fourth-order valence-electron chi connectivity index (χ4n) is 1.70. The number of anilines is 1. The molecule has 90 valence electrons. The molecule has 1 aromatic rings. The molecule has 4 heteroatoms. The lowest BCUT2D eigenvalue weighted by atomic mass is 10.0. The summed E-state index contributed by atoms with van der Waals surface area (Å²) in [5.74, 6) is 0.480. The monoisotopic (exact) mass is 224 g/mol. The molecule has 0 aliphatic heterocycles. The molecule has 1 aromatic heterocycles. The van der Waals surface area contributed by atoms with Crippen molar-refractivity contribution >= 4 is 5.82 Å². The van der Waals surface area contributed by atoms with E-state index >= 15 is 0 Å². The third-order valence-electron chi connectivity index (χ3n) is 2.57. The third-order valence-corrected chi connectivity index (χ3v) is 2.57. The molecule has 0 spiro atoms. The van der Waals surface area contributed by atoms with E-state index in [1.54, 1.807) is 6.20 Å². The minimum absolute atomic E-state index is 0.135. The van der Waals surface area contributed by atoms with E-state index in [1.807, 2.05) is 26.0 Å². The number of ether oxygens (including phenoxy) is 1. The average Bonchev–Trinajstić information content (AvgIpc) is 2.29. The molecule has 0 bridgehead atoms. The van der Waals surface area contributed by atoms with Crippen molar-refractivity contribution < 1.29 is 9.84 Å². The van der Waals surface area contributed by atoms with Gasteiger partial charge in [-0.2, -0.15) is 0 Å². The van der Waals surface area contributed by atoms with Crippen molar-refractivity contribution in [3.63, 3.8) is 0 Å². The van der Waals surface area contributed by atoms with Gasteiger partial charge >= 0.3 is 0 Å². The summed E-state index contributed by atoms with van der Waals surface area (Å²) in [6, 6.07) is 3.70. The zero-order valence-electron chi connectivity index (χ0n) is 9.89. The van der Waals surface area contributed by atoms with Crippen LogP contribution in [0.4, 0.5) is 5.82 Å². The van der Waals surface area contributed by atoms with Crippen LogP contribution in [0.25, 0.3) is 0 Å². The SMILES string of the molecule is CCOC(CC)C(O)Cc1cccnc1N. The van der Waals surface area contributed by atoms with Crippen LogP contribution >= 0.6 is 0 Å². The number of rotatable bonds is 6. The Bertz CT molecular complexity index is 318. The first kappa shape index (κ1) is 12.9. The number of nitrogen functional groups attached to an aromatic ring is 1. The predicted molar refractivity (Wildman–Crippen MR) is 64.1 cm³/mol. The molecule has 4 nitrogen and oxygen atoms in total. The van der Waals surface area contributed by atoms with Gasteiger partial charge in [0.1, 0.15) is 5.82 Å². The Hall–Kier alpha value is -1.13. The highest BCUT2D eigenvalue weighted by atomic mass is 16.5. The molecule has 0 aromatic carbocycles. The lowest BCUT2D eigenvalue weighted by molar-refractivity contribution is -0.0334. The molecule has 0 saturated heterocycles. The topological polar surface area (TPSA) is 68.4 Å². The van der Waals surface area contributed by atoms with E-state index in [4.69, 9.17) is 10.5 Å². The predicted octanol–water partition coefficient (Wildman–Crippen LogP) is 1.38. The van der Waals surface area contributed by atoms with Gasteiger partial charge in [0.05, 0.1) is 12.2 Å². The lowest BCUT2D eigenvalue weighted by Crippen LogP contribution is -2.30. The van der Waals surface area contributed by atoms with Crippen molar-refractivity contribution in [1.29, 1.82) is 0 Å². The summed E-state index contributed by atoms with van der Waals surface area (Å²) in [5, 5.41) is 10.0. The van der Waals surface area contributed by atoms with Gasteiger partial charge in [0.15, 0.2) is 0 Å². The second-order valence-electron chi connectivity index (χ2n) is 3.72. The van der Waals surface area contributed by atoms with Crippen LogP contribution in [-0.4, -0.2) is 28.9 Å². The van der Waals surface area contributed by atoms with Crippen LogP contribution in [0.2, 0.25) is 0 Å². The van der Waals surface area contributed by atoms with Crippen LogP contribution in [0.5, 0.6) is 0 Å². The Morgan fingerprint density at radius 1 is 1.50 bits per heavy atom. The summed E-state index contributed by atoms with van der Waals surface area (Å²) < 4.78 is 5.45. The molecule has 0 aliphatic carbocycles. The van der Waals surface area contributed by atoms with E-state index in [0.717, 1.165) is 12.0 Å². The van der Waals surface area contributed by atoms with Crippen molar-refractivity contribution in [2.24, 2.45) is 0 Å². The maximum Gasteiger partial charge on any atom is 0.126 e. The highest BCUT2D eigenvalue weighted by molar-refractivity contribution is 5.38. The van der Waals surface area contributed by atoms with Gasteiger partial charge < -0.3 is 15.6 Å². The number of hydrogen-bond donors (Lipinski definition) is 2. The van der Waals surface area contributed by atoms with Crippen LogP contribution in [-0.2, 0) is 11.2 Å². The second-order valence-corrected chi connectivity index (χ2v) is 3.72. The molecule has 0 saturated carbocycles. The molecule has 0 radical (unpaired) electrons. The van der Waals surface area contributed by atoms with E-state index in [1.165, 1.54) is 0 Å². The summed E-state index contributed by atoms with van der Waals surface area (Å²) >= 11 is 0.